The van der Waals surface area contributed by atoms with Crippen molar-refractivity contribution in [3.63, 3.8) is 0 Å². The molecule has 1 N–H and O–H groups in total. The van der Waals surface area contributed by atoms with Crippen LogP contribution in [0.2, 0.25) is 0 Å². The van der Waals surface area contributed by atoms with E-state index in [1.54, 1.807) is 0 Å². The molecule has 0 atom stereocenters. The summed E-state index contributed by atoms with van der Waals surface area (Å²) in [5, 5.41) is 9.65. The second-order valence-electron chi connectivity index (χ2n) is 5.74. The molecule has 0 amide bonds. The Labute approximate surface area is 173 Å². The van der Waals surface area contributed by atoms with Crippen LogP contribution in [0, 0.1) is 18.5 Å². The molecule has 0 aliphatic heterocycles. The predicted molar refractivity (Wildman–Crippen MR) is 117 cm³/mol. The van der Waals surface area contributed by atoms with Crippen molar-refractivity contribution < 1.29 is 4.74 Å². The lowest BCUT2D eigenvalue weighted by Crippen LogP contribution is -2.08. The summed E-state index contributed by atoms with van der Waals surface area (Å²) >= 11 is 4.53. The molecule has 0 aliphatic carbocycles. The largest absolute Gasteiger partial charge is 0.489 e. The first kappa shape index (κ1) is 18.2. The Morgan fingerprint density at radius 3 is 2.72 bits per heavy atom. The van der Waals surface area contributed by atoms with Crippen LogP contribution in [0.25, 0.3) is 22.7 Å². The third kappa shape index (κ3) is 4.15. The lowest BCUT2D eigenvalue weighted by molar-refractivity contribution is 0.240. The number of fused-ring (bicyclic) bond motifs is 1. The molecule has 0 spiro atoms. The van der Waals surface area contributed by atoms with Gasteiger partial charge in [0.15, 0.2) is 0 Å². The molecule has 3 rings (SSSR count). The minimum atomic E-state index is 0.0532. The second-order valence-corrected chi connectivity index (χ2v) is 8.15. The van der Waals surface area contributed by atoms with Gasteiger partial charge in [-0.15, -0.1) is 0 Å². The molecular formula is C19H15I2N3O. The van der Waals surface area contributed by atoms with Crippen molar-refractivity contribution in [2.75, 3.05) is 0 Å². The SMILES string of the molecule is CC(C)Oc1c(I)cc(I)cc1/C=C(\C#N)c1nc2ccccc2[nH]1. The lowest BCUT2D eigenvalue weighted by Gasteiger charge is -2.15. The van der Waals surface area contributed by atoms with Gasteiger partial charge in [0.1, 0.15) is 17.6 Å². The number of para-hydroxylation sites is 2. The molecule has 0 radical (unpaired) electrons. The van der Waals surface area contributed by atoms with E-state index >= 15 is 0 Å². The highest BCUT2D eigenvalue weighted by atomic mass is 127. The standard InChI is InChI=1S/C19H15I2N3O/c1-11(2)25-18-12(8-14(20)9-15(18)21)7-13(10-22)19-23-16-5-3-4-6-17(16)24-19/h3-9,11H,1-2H3,(H,23,24)/b13-7+. The third-order valence-corrected chi connectivity index (χ3v) is 4.88. The van der Waals surface area contributed by atoms with E-state index < -0.39 is 0 Å². The predicted octanol–water partition coefficient (Wildman–Crippen LogP) is 5.62. The number of nitrogens with zero attached hydrogens (tertiary/aromatic N) is 2. The van der Waals surface area contributed by atoms with Gasteiger partial charge in [-0.05, 0) is 89.4 Å². The summed E-state index contributed by atoms with van der Waals surface area (Å²) in [6.45, 7) is 3.98. The van der Waals surface area contributed by atoms with Crippen LogP contribution < -0.4 is 4.74 Å². The lowest BCUT2D eigenvalue weighted by atomic mass is 10.1. The van der Waals surface area contributed by atoms with Crippen molar-refractivity contribution in [1.82, 2.24) is 9.97 Å². The van der Waals surface area contributed by atoms with Gasteiger partial charge >= 0.3 is 0 Å². The van der Waals surface area contributed by atoms with Crippen LogP contribution in [-0.2, 0) is 0 Å². The van der Waals surface area contributed by atoms with Crippen LogP contribution in [0.15, 0.2) is 36.4 Å². The fourth-order valence-corrected chi connectivity index (χ4v) is 4.45. The summed E-state index contributed by atoms with van der Waals surface area (Å²) in [7, 11) is 0. The van der Waals surface area contributed by atoms with Crippen molar-refractivity contribution in [3.8, 4) is 11.8 Å². The summed E-state index contributed by atoms with van der Waals surface area (Å²) in [5.74, 6) is 1.35. The summed E-state index contributed by atoms with van der Waals surface area (Å²) in [5.41, 5.74) is 3.11. The van der Waals surface area contributed by atoms with E-state index in [2.05, 4.69) is 67.3 Å². The maximum atomic E-state index is 9.65. The van der Waals surface area contributed by atoms with E-state index in [0.29, 0.717) is 11.4 Å². The topological polar surface area (TPSA) is 61.7 Å². The number of aromatic nitrogens is 2. The van der Waals surface area contributed by atoms with Gasteiger partial charge in [-0.3, -0.25) is 0 Å². The highest BCUT2D eigenvalue weighted by Gasteiger charge is 2.13. The van der Waals surface area contributed by atoms with Gasteiger partial charge in [-0.1, -0.05) is 12.1 Å². The van der Waals surface area contributed by atoms with Gasteiger partial charge in [0.2, 0.25) is 0 Å². The molecule has 4 nitrogen and oxygen atoms in total. The average Bonchev–Trinajstić information content (AvgIpc) is 2.99. The summed E-state index contributed by atoms with van der Waals surface area (Å²) < 4.78 is 8.08. The smallest absolute Gasteiger partial charge is 0.149 e. The number of nitriles is 1. The first-order valence-electron chi connectivity index (χ1n) is 7.70. The Hall–Kier alpha value is -1.60. The molecule has 1 heterocycles. The second kappa shape index (κ2) is 7.74. The maximum Gasteiger partial charge on any atom is 0.149 e. The Bertz CT molecular complexity index is 967. The number of benzene rings is 2. The molecule has 0 unspecified atom stereocenters. The zero-order chi connectivity index (χ0) is 18.0. The fraction of sp³-hybridized carbons (Fsp3) is 0.158. The van der Waals surface area contributed by atoms with Crippen LogP contribution in [0.4, 0.5) is 0 Å². The number of hydrogen-bond donors (Lipinski definition) is 1. The van der Waals surface area contributed by atoms with E-state index in [4.69, 9.17) is 4.74 Å². The Kier molecular flexibility index (Phi) is 5.64. The molecule has 0 saturated carbocycles. The van der Waals surface area contributed by atoms with E-state index in [-0.39, 0.29) is 6.10 Å². The van der Waals surface area contributed by atoms with Gasteiger partial charge in [0, 0.05) is 9.13 Å². The molecule has 0 fully saturated rings. The number of H-pyrrole nitrogens is 1. The highest BCUT2D eigenvalue weighted by Crippen LogP contribution is 2.32. The molecule has 6 heteroatoms. The van der Waals surface area contributed by atoms with E-state index in [9.17, 15) is 5.26 Å². The van der Waals surface area contributed by atoms with Crippen LogP contribution in [0.1, 0.15) is 25.2 Å². The third-order valence-electron chi connectivity index (χ3n) is 3.46. The van der Waals surface area contributed by atoms with Gasteiger partial charge < -0.3 is 9.72 Å². The molecule has 126 valence electrons. The molecule has 0 bridgehead atoms. The zero-order valence-electron chi connectivity index (χ0n) is 13.7. The van der Waals surface area contributed by atoms with Gasteiger partial charge in [0.05, 0.1) is 26.3 Å². The molecular weight excluding hydrogens is 540 g/mol. The van der Waals surface area contributed by atoms with Gasteiger partial charge in [-0.2, -0.15) is 5.26 Å². The zero-order valence-corrected chi connectivity index (χ0v) is 18.0. The van der Waals surface area contributed by atoms with E-state index in [1.807, 2.05) is 50.3 Å². The number of hydrogen-bond acceptors (Lipinski definition) is 3. The molecule has 0 saturated heterocycles. The van der Waals surface area contributed by atoms with Gasteiger partial charge in [0.25, 0.3) is 0 Å². The minimum Gasteiger partial charge on any atom is -0.489 e. The molecule has 25 heavy (non-hydrogen) atoms. The number of aromatic amines is 1. The van der Waals surface area contributed by atoms with E-state index in [1.165, 1.54) is 0 Å². The molecule has 0 aliphatic rings. The van der Waals surface area contributed by atoms with Crippen molar-refractivity contribution in [2.24, 2.45) is 0 Å². The van der Waals surface area contributed by atoms with Crippen LogP contribution in [0.5, 0.6) is 5.75 Å². The van der Waals surface area contributed by atoms with Crippen molar-refractivity contribution >= 4 is 67.9 Å². The number of imidazole rings is 1. The van der Waals surface area contributed by atoms with Crippen molar-refractivity contribution in [2.45, 2.75) is 20.0 Å². The quantitative estimate of drug-likeness (QED) is 0.336. The number of halogens is 2. The van der Waals surface area contributed by atoms with Crippen molar-refractivity contribution in [1.29, 1.82) is 5.26 Å². The van der Waals surface area contributed by atoms with Crippen LogP contribution in [-0.4, -0.2) is 16.1 Å². The molecule has 2 aromatic carbocycles. The number of ether oxygens (including phenoxy) is 1. The van der Waals surface area contributed by atoms with Gasteiger partial charge in [-0.25, -0.2) is 4.98 Å². The number of allylic oxidation sites excluding steroid dienone is 1. The summed E-state index contributed by atoms with van der Waals surface area (Å²) in [6, 6.07) is 14.1. The average molecular weight is 555 g/mol. The molecule has 3 aromatic rings. The Morgan fingerprint density at radius 1 is 1.28 bits per heavy atom. The van der Waals surface area contributed by atoms with Crippen LogP contribution >= 0.6 is 45.2 Å². The number of nitrogens with one attached hydrogen (secondary N) is 1. The first-order chi connectivity index (χ1) is 12.0. The Morgan fingerprint density at radius 2 is 2.04 bits per heavy atom. The Balaban J connectivity index is 2.12. The normalized spacial score (nSPS) is 11.8. The minimum absolute atomic E-state index is 0.0532. The summed E-state index contributed by atoms with van der Waals surface area (Å²) in [6.07, 6.45) is 1.89. The maximum absolute atomic E-state index is 9.65. The summed E-state index contributed by atoms with van der Waals surface area (Å²) in [4.78, 5) is 7.73. The number of rotatable bonds is 4. The van der Waals surface area contributed by atoms with Crippen LogP contribution in [0.3, 0.4) is 0 Å². The molecule has 1 aromatic heterocycles. The monoisotopic (exact) mass is 555 g/mol. The highest BCUT2D eigenvalue weighted by molar-refractivity contribution is 14.1. The van der Waals surface area contributed by atoms with E-state index in [0.717, 1.165) is 29.5 Å². The first-order valence-corrected chi connectivity index (χ1v) is 9.86. The van der Waals surface area contributed by atoms with Crippen molar-refractivity contribution in [3.05, 3.63) is 54.9 Å². The fourth-order valence-electron chi connectivity index (χ4n) is 2.44.